The fourth-order valence-corrected chi connectivity index (χ4v) is 4.13. The number of hydrogen-bond donors (Lipinski definition) is 1. The van der Waals surface area contributed by atoms with Crippen molar-refractivity contribution in [1.29, 1.82) is 0 Å². The van der Waals surface area contributed by atoms with Gasteiger partial charge in [0.25, 0.3) is 0 Å². The Kier molecular flexibility index (Phi) is 4.72. The molecule has 7 heteroatoms. The van der Waals surface area contributed by atoms with Crippen LogP contribution in [0.2, 0.25) is 0 Å². The van der Waals surface area contributed by atoms with Gasteiger partial charge in [-0.15, -0.1) is 0 Å². The van der Waals surface area contributed by atoms with E-state index in [2.05, 4.69) is 4.74 Å². The highest BCUT2D eigenvalue weighted by atomic mass is 32.2. The van der Waals surface area contributed by atoms with Gasteiger partial charge in [0.05, 0.1) is 18.6 Å². The lowest BCUT2D eigenvalue weighted by Gasteiger charge is -2.31. The Labute approximate surface area is 124 Å². The highest BCUT2D eigenvalue weighted by Gasteiger charge is 2.28. The number of anilines is 2. The maximum atomic E-state index is 12.5. The molecular formula is C14H20N2O4S. The summed E-state index contributed by atoms with van der Waals surface area (Å²) in [5.41, 5.74) is 8.10. The number of hydrogen-bond acceptors (Lipinski definition) is 5. The van der Waals surface area contributed by atoms with Crippen molar-refractivity contribution in [3.8, 4) is 0 Å². The van der Waals surface area contributed by atoms with Gasteiger partial charge in [-0.25, -0.2) is 8.42 Å². The Hall–Kier alpha value is -1.76. The van der Waals surface area contributed by atoms with Crippen LogP contribution in [0.5, 0.6) is 0 Å². The standard InChI is InChI=1S/C14H20N2O4S/c1-20-14(17)8-4-10-21(18,19)16-9-3-5-11-12(15)6-2-7-13(11)16/h2,6-7H,3-5,8-10,15H2,1H3. The largest absolute Gasteiger partial charge is 0.469 e. The van der Waals surface area contributed by atoms with E-state index in [1.54, 1.807) is 18.2 Å². The number of ether oxygens (including phenoxy) is 1. The number of esters is 1. The Bertz CT molecular complexity index is 628. The minimum atomic E-state index is -3.45. The Morgan fingerprint density at radius 3 is 2.90 bits per heavy atom. The van der Waals surface area contributed by atoms with Gasteiger partial charge in [-0.3, -0.25) is 9.10 Å². The average molecular weight is 312 g/mol. The predicted molar refractivity (Wildman–Crippen MR) is 81.6 cm³/mol. The van der Waals surface area contributed by atoms with Crippen LogP contribution in [0.1, 0.15) is 24.8 Å². The van der Waals surface area contributed by atoms with E-state index in [0.29, 0.717) is 17.9 Å². The first-order valence-corrected chi connectivity index (χ1v) is 8.51. The normalized spacial score (nSPS) is 14.6. The summed E-state index contributed by atoms with van der Waals surface area (Å²) in [5.74, 6) is -0.468. The number of carbonyl (C=O) groups is 1. The number of benzene rings is 1. The van der Waals surface area contributed by atoms with Crippen molar-refractivity contribution in [3.63, 3.8) is 0 Å². The zero-order chi connectivity index (χ0) is 15.5. The number of fused-ring (bicyclic) bond motifs is 1. The van der Waals surface area contributed by atoms with E-state index in [-0.39, 0.29) is 18.6 Å². The molecule has 0 bridgehead atoms. The molecule has 0 spiro atoms. The minimum Gasteiger partial charge on any atom is -0.469 e. The van der Waals surface area contributed by atoms with Gasteiger partial charge in [-0.2, -0.15) is 0 Å². The van der Waals surface area contributed by atoms with Crippen molar-refractivity contribution in [2.24, 2.45) is 0 Å². The van der Waals surface area contributed by atoms with E-state index in [0.717, 1.165) is 18.4 Å². The molecule has 1 aliphatic rings. The van der Waals surface area contributed by atoms with Crippen molar-refractivity contribution in [2.75, 3.05) is 29.4 Å². The topological polar surface area (TPSA) is 89.7 Å². The molecule has 0 radical (unpaired) electrons. The molecule has 0 saturated heterocycles. The Morgan fingerprint density at radius 1 is 1.43 bits per heavy atom. The van der Waals surface area contributed by atoms with Crippen LogP contribution in [-0.4, -0.2) is 33.8 Å². The third-order valence-electron chi connectivity index (χ3n) is 3.59. The molecule has 2 rings (SSSR count). The molecule has 2 N–H and O–H groups in total. The number of carbonyl (C=O) groups excluding carboxylic acids is 1. The molecule has 21 heavy (non-hydrogen) atoms. The summed E-state index contributed by atoms with van der Waals surface area (Å²) in [6.07, 6.45) is 1.89. The molecule has 0 fully saturated rings. The summed E-state index contributed by atoms with van der Waals surface area (Å²) in [5, 5.41) is 0. The van der Waals surface area contributed by atoms with Crippen LogP contribution in [0.15, 0.2) is 18.2 Å². The smallest absolute Gasteiger partial charge is 0.305 e. The molecule has 0 saturated carbocycles. The molecule has 0 aliphatic carbocycles. The zero-order valence-electron chi connectivity index (χ0n) is 12.0. The quantitative estimate of drug-likeness (QED) is 0.654. The first kappa shape index (κ1) is 15.6. The van der Waals surface area contributed by atoms with Crippen molar-refractivity contribution in [1.82, 2.24) is 0 Å². The number of sulfonamides is 1. The fourth-order valence-electron chi connectivity index (χ4n) is 2.52. The van der Waals surface area contributed by atoms with Gasteiger partial charge < -0.3 is 10.5 Å². The fraction of sp³-hybridized carbons (Fsp3) is 0.500. The van der Waals surface area contributed by atoms with Crippen LogP contribution >= 0.6 is 0 Å². The highest BCUT2D eigenvalue weighted by Crippen LogP contribution is 2.33. The van der Waals surface area contributed by atoms with Gasteiger partial charge in [0.2, 0.25) is 10.0 Å². The second-order valence-electron chi connectivity index (χ2n) is 5.02. The van der Waals surface area contributed by atoms with Gasteiger partial charge in [-0.05, 0) is 37.0 Å². The predicted octanol–water partition coefficient (Wildman–Crippen LogP) is 1.30. The molecule has 0 atom stereocenters. The molecule has 0 unspecified atom stereocenters. The Morgan fingerprint density at radius 2 is 2.19 bits per heavy atom. The third-order valence-corrected chi connectivity index (χ3v) is 5.45. The summed E-state index contributed by atoms with van der Waals surface area (Å²) in [6, 6.07) is 5.32. The molecule has 1 aromatic carbocycles. The van der Waals surface area contributed by atoms with E-state index in [1.165, 1.54) is 11.4 Å². The molecular weight excluding hydrogens is 292 g/mol. The zero-order valence-corrected chi connectivity index (χ0v) is 12.9. The second-order valence-corrected chi connectivity index (χ2v) is 7.03. The van der Waals surface area contributed by atoms with Crippen molar-refractivity contribution >= 4 is 27.4 Å². The first-order chi connectivity index (χ1) is 9.95. The number of nitrogens with zero attached hydrogens (tertiary/aromatic N) is 1. The SMILES string of the molecule is COC(=O)CCCS(=O)(=O)N1CCCc2c(N)cccc21. The number of methoxy groups -OCH3 is 1. The van der Waals surface area contributed by atoms with Gasteiger partial charge in [0.1, 0.15) is 0 Å². The first-order valence-electron chi connectivity index (χ1n) is 6.90. The molecule has 1 aliphatic heterocycles. The van der Waals surface area contributed by atoms with E-state index >= 15 is 0 Å². The molecule has 6 nitrogen and oxygen atoms in total. The van der Waals surface area contributed by atoms with Gasteiger partial charge in [0.15, 0.2) is 0 Å². The molecule has 0 aromatic heterocycles. The molecule has 1 heterocycles. The number of nitrogens with two attached hydrogens (primary N) is 1. The lowest BCUT2D eigenvalue weighted by Crippen LogP contribution is -2.37. The van der Waals surface area contributed by atoms with E-state index in [1.807, 2.05) is 0 Å². The van der Waals surface area contributed by atoms with E-state index < -0.39 is 16.0 Å². The third kappa shape index (κ3) is 3.47. The van der Waals surface area contributed by atoms with E-state index in [9.17, 15) is 13.2 Å². The van der Waals surface area contributed by atoms with Crippen LogP contribution in [0.25, 0.3) is 0 Å². The monoisotopic (exact) mass is 312 g/mol. The summed E-state index contributed by atoms with van der Waals surface area (Å²) < 4.78 is 30.9. The maximum Gasteiger partial charge on any atom is 0.305 e. The van der Waals surface area contributed by atoms with Crippen LogP contribution in [-0.2, 0) is 26.0 Å². The van der Waals surface area contributed by atoms with Crippen LogP contribution in [0.4, 0.5) is 11.4 Å². The van der Waals surface area contributed by atoms with Crippen molar-refractivity contribution < 1.29 is 17.9 Å². The van der Waals surface area contributed by atoms with Gasteiger partial charge in [-0.1, -0.05) is 6.07 Å². The van der Waals surface area contributed by atoms with Crippen LogP contribution in [0, 0.1) is 0 Å². The lowest BCUT2D eigenvalue weighted by atomic mass is 10.0. The van der Waals surface area contributed by atoms with Crippen molar-refractivity contribution in [3.05, 3.63) is 23.8 Å². The summed E-state index contributed by atoms with van der Waals surface area (Å²) in [6.45, 7) is 0.455. The van der Waals surface area contributed by atoms with Gasteiger partial charge >= 0.3 is 5.97 Å². The van der Waals surface area contributed by atoms with Crippen LogP contribution in [0.3, 0.4) is 0 Å². The average Bonchev–Trinajstić information content (AvgIpc) is 2.46. The summed E-state index contributed by atoms with van der Waals surface area (Å²) in [7, 11) is -2.16. The molecule has 1 aromatic rings. The van der Waals surface area contributed by atoms with Gasteiger partial charge in [0, 0.05) is 18.7 Å². The van der Waals surface area contributed by atoms with Crippen LogP contribution < -0.4 is 10.0 Å². The summed E-state index contributed by atoms with van der Waals surface area (Å²) in [4.78, 5) is 11.1. The Balaban J connectivity index is 2.15. The highest BCUT2D eigenvalue weighted by molar-refractivity contribution is 7.92. The summed E-state index contributed by atoms with van der Waals surface area (Å²) >= 11 is 0. The minimum absolute atomic E-state index is 0.0731. The van der Waals surface area contributed by atoms with E-state index in [4.69, 9.17) is 5.73 Å². The molecule has 0 amide bonds. The second kappa shape index (κ2) is 6.34. The lowest BCUT2D eigenvalue weighted by molar-refractivity contribution is -0.140. The number of rotatable bonds is 5. The van der Waals surface area contributed by atoms with Crippen molar-refractivity contribution in [2.45, 2.75) is 25.7 Å². The molecule has 116 valence electrons. The number of nitrogen functional groups attached to an aromatic ring is 1. The maximum absolute atomic E-state index is 12.5.